The van der Waals surface area contributed by atoms with Crippen LogP contribution in [0.15, 0.2) is 30.6 Å². The maximum Gasteiger partial charge on any atom is 0.291 e. The molecule has 3 aromatic rings. The molecule has 3 rings (SSSR count). The molecule has 0 atom stereocenters. The minimum Gasteiger partial charge on any atom is -0.332 e. The van der Waals surface area contributed by atoms with Crippen molar-refractivity contribution in [2.75, 3.05) is 7.05 Å². The molecule has 96 valence electrons. The van der Waals surface area contributed by atoms with Crippen LogP contribution in [0.2, 0.25) is 0 Å². The van der Waals surface area contributed by atoms with E-state index in [9.17, 15) is 4.79 Å². The van der Waals surface area contributed by atoms with Crippen LogP contribution >= 0.6 is 11.3 Å². The Labute approximate surface area is 113 Å². The molecule has 1 N–H and O–H groups in total. The first kappa shape index (κ1) is 11.8. The molecule has 2 aromatic heterocycles. The molecular weight excluding hydrogens is 262 g/mol. The lowest BCUT2D eigenvalue weighted by molar-refractivity contribution is 0.0773. The van der Waals surface area contributed by atoms with E-state index in [0.29, 0.717) is 6.54 Å². The second kappa shape index (κ2) is 4.77. The molecule has 0 fully saturated rings. The number of nitrogens with zero attached hydrogens (tertiary/aromatic N) is 4. The third-order valence-electron chi connectivity index (χ3n) is 2.67. The van der Waals surface area contributed by atoms with Gasteiger partial charge in [0.05, 0.1) is 16.8 Å². The zero-order chi connectivity index (χ0) is 13.2. The van der Waals surface area contributed by atoms with Crippen LogP contribution in [0, 0.1) is 0 Å². The number of carbonyl (C=O) groups is 1. The number of nitrogens with one attached hydrogen (secondary N) is 1. The van der Waals surface area contributed by atoms with E-state index in [1.807, 2.05) is 24.3 Å². The number of hydrogen-bond acceptors (Lipinski definition) is 5. The Kier molecular flexibility index (Phi) is 2.96. The maximum absolute atomic E-state index is 12.0. The average Bonchev–Trinajstić information content (AvgIpc) is 3.06. The SMILES string of the molecule is CN(Cc1nc2ccccc2s1)C(=O)c1ncn[nH]1. The first-order valence-corrected chi connectivity index (χ1v) is 6.51. The van der Waals surface area contributed by atoms with E-state index in [0.717, 1.165) is 15.2 Å². The number of para-hydroxylation sites is 1. The fraction of sp³-hybridized carbons (Fsp3) is 0.167. The van der Waals surface area contributed by atoms with Gasteiger partial charge in [-0.1, -0.05) is 12.1 Å². The molecule has 0 saturated carbocycles. The predicted molar refractivity (Wildman–Crippen MR) is 71.8 cm³/mol. The van der Waals surface area contributed by atoms with Crippen molar-refractivity contribution in [2.45, 2.75) is 6.54 Å². The molecule has 0 bridgehead atoms. The average molecular weight is 273 g/mol. The molecule has 2 heterocycles. The minimum absolute atomic E-state index is 0.197. The van der Waals surface area contributed by atoms with Gasteiger partial charge in [0.15, 0.2) is 0 Å². The number of H-pyrrole nitrogens is 1. The van der Waals surface area contributed by atoms with Crippen molar-refractivity contribution in [3.05, 3.63) is 41.4 Å². The van der Waals surface area contributed by atoms with Gasteiger partial charge in [-0.2, -0.15) is 5.10 Å². The molecule has 1 amide bonds. The second-order valence-corrected chi connectivity index (χ2v) is 5.19. The number of fused-ring (bicyclic) bond motifs is 1. The fourth-order valence-electron chi connectivity index (χ4n) is 1.75. The largest absolute Gasteiger partial charge is 0.332 e. The number of aromatic nitrogens is 4. The lowest BCUT2D eigenvalue weighted by atomic mass is 10.3. The van der Waals surface area contributed by atoms with E-state index in [2.05, 4.69) is 20.2 Å². The van der Waals surface area contributed by atoms with Crippen LogP contribution in [0.25, 0.3) is 10.2 Å². The van der Waals surface area contributed by atoms with Gasteiger partial charge in [-0.15, -0.1) is 11.3 Å². The summed E-state index contributed by atoms with van der Waals surface area (Å²) in [4.78, 5) is 21.9. The standard InChI is InChI=1S/C12H11N5OS/c1-17(12(18)11-13-7-14-16-11)6-10-15-8-4-2-3-5-9(8)19-10/h2-5,7H,6H2,1H3,(H,13,14,16). The van der Waals surface area contributed by atoms with Gasteiger partial charge in [-0.3, -0.25) is 9.89 Å². The zero-order valence-electron chi connectivity index (χ0n) is 10.2. The van der Waals surface area contributed by atoms with E-state index in [1.54, 1.807) is 23.3 Å². The molecule has 0 aliphatic rings. The molecule has 7 heteroatoms. The van der Waals surface area contributed by atoms with Crippen LogP contribution < -0.4 is 0 Å². The Morgan fingerprint density at radius 3 is 3.00 bits per heavy atom. The highest BCUT2D eigenvalue weighted by Crippen LogP contribution is 2.22. The molecule has 0 saturated heterocycles. The van der Waals surface area contributed by atoms with Crippen LogP contribution in [-0.2, 0) is 6.54 Å². The second-order valence-electron chi connectivity index (χ2n) is 4.07. The van der Waals surface area contributed by atoms with Crippen LogP contribution in [0.5, 0.6) is 0 Å². The van der Waals surface area contributed by atoms with E-state index in [4.69, 9.17) is 0 Å². The summed E-state index contributed by atoms with van der Waals surface area (Å²) in [5.41, 5.74) is 0.961. The van der Waals surface area contributed by atoms with Crippen LogP contribution in [0.3, 0.4) is 0 Å². The lowest BCUT2D eigenvalue weighted by Gasteiger charge is -2.13. The number of benzene rings is 1. The Morgan fingerprint density at radius 1 is 1.42 bits per heavy atom. The lowest BCUT2D eigenvalue weighted by Crippen LogP contribution is -2.27. The molecule has 0 radical (unpaired) electrons. The summed E-state index contributed by atoms with van der Waals surface area (Å²) >= 11 is 1.59. The molecular formula is C12H11N5OS. The van der Waals surface area contributed by atoms with Gasteiger partial charge in [-0.05, 0) is 12.1 Å². The van der Waals surface area contributed by atoms with Gasteiger partial charge >= 0.3 is 0 Å². The highest BCUT2D eigenvalue weighted by atomic mass is 32.1. The fourth-order valence-corrected chi connectivity index (χ4v) is 2.77. The highest BCUT2D eigenvalue weighted by Gasteiger charge is 2.16. The van der Waals surface area contributed by atoms with E-state index < -0.39 is 0 Å². The summed E-state index contributed by atoms with van der Waals surface area (Å²) < 4.78 is 1.12. The maximum atomic E-state index is 12.0. The molecule has 1 aromatic carbocycles. The molecule has 0 unspecified atom stereocenters. The molecule has 0 spiro atoms. The van der Waals surface area contributed by atoms with Crippen LogP contribution in [-0.4, -0.2) is 38.0 Å². The van der Waals surface area contributed by atoms with Crippen LogP contribution in [0.1, 0.15) is 15.6 Å². The Hall–Kier alpha value is -2.28. The van der Waals surface area contributed by atoms with Crippen molar-refractivity contribution in [1.82, 2.24) is 25.1 Å². The number of carbonyl (C=O) groups excluding carboxylic acids is 1. The van der Waals surface area contributed by atoms with E-state index >= 15 is 0 Å². The third kappa shape index (κ3) is 2.32. The van der Waals surface area contributed by atoms with Crippen LogP contribution in [0.4, 0.5) is 0 Å². The summed E-state index contributed by atoms with van der Waals surface area (Å²) in [6, 6.07) is 7.92. The topological polar surface area (TPSA) is 74.8 Å². The van der Waals surface area contributed by atoms with Crippen molar-refractivity contribution in [2.24, 2.45) is 0 Å². The van der Waals surface area contributed by atoms with E-state index in [1.165, 1.54) is 6.33 Å². The zero-order valence-corrected chi connectivity index (χ0v) is 11.0. The molecule has 0 aliphatic carbocycles. The van der Waals surface area contributed by atoms with Gasteiger partial charge < -0.3 is 4.90 Å². The van der Waals surface area contributed by atoms with Crippen molar-refractivity contribution in [3.63, 3.8) is 0 Å². The minimum atomic E-state index is -0.197. The van der Waals surface area contributed by atoms with Crippen molar-refractivity contribution < 1.29 is 4.79 Å². The van der Waals surface area contributed by atoms with Gasteiger partial charge in [0, 0.05) is 7.05 Å². The third-order valence-corrected chi connectivity index (χ3v) is 3.70. The quantitative estimate of drug-likeness (QED) is 0.788. The summed E-state index contributed by atoms with van der Waals surface area (Å²) in [7, 11) is 1.72. The smallest absolute Gasteiger partial charge is 0.291 e. The molecule has 6 nitrogen and oxygen atoms in total. The van der Waals surface area contributed by atoms with Gasteiger partial charge in [0.2, 0.25) is 5.82 Å². The van der Waals surface area contributed by atoms with Crippen molar-refractivity contribution >= 4 is 27.5 Å². The van der Waals surface area contributed by atoms with Crippen molar-refractivity contribution in [1.29, 1.82) is 0 Å². The Bertz CT molecular complexity index is 673. The van der Waals surface area contributed by atoms with Crippen molar-refractivity contribution in [3.8, 4) is 0 Å². The van der Waals surface area contributed by atoms with Gasteiger partial charge in [0.25, 0.3) is 5.91 Å². The summed E-state index contributed by atoms with van der Waals surface area (Å²) in [6.07, 6.45) is 1.32. The number of amides is 1. The Balaban J connectivity index is 1.79. The molecule has 0 aliphatic heterocycles. The monoisotopic (exact) mass is 273 g/mol. The normalized spacial score (nSPS) is 10.8. The summed E-state index contributed by atoms with van der Waals surface area (Å²) in [5.74, 6) is 0.0420. The summed E-state index contributed by atoms with van der Waals surface area (Å²) in [5, 5.41) is 7.13. The Morgan fingerprint density at radius 2 is 2.26 bits per heavy atom. The van der Waals surface area contributed by atoms with E-state index in [-0.39, 0.29) is 11.7 Å². The summed E-state index contributed by atoms with van der Waals surface area (Å²) in [6.45, 7) is 0.457. The van der Waals surface area contributed by atoms with Gasteiger partial charge in [0.1, 0.15) is 11.3 Å². The number of aromatic amines is 1. The van der Waals surface area contributed by atoms with Gasteiger partial charge in [-0.25, -0.2) is 9.97 Å². The first-order chi connectivity index (χ1) is 9.24. The number of thiazole rings is 1. The number of hydrogen-bond donors (Lipinski definition) is 1. The number of rotatable bonds is 3. The highest BCUT2D eigenvalue weighted by molar-refractivity contribution is 7.18. The molecule has 19 heavy (non-hydrogen) atoms. The predicted octanol–water partition coefficient (Wildman–Crippen LogP) is 1.69. The first-order valence-electron chi connectivity index (χ1n) is 5.69.